The van der Waals surface area contributed by atoms with Gasteiger partial charge < -0.3 is 4.84 Å². The summed E-state index contributed by atoms with van der Waals surface area (Å²) >= 11 is 0. The molecule has 0 radical (unpaired) electrons. The van der Waals surface area contributed by atoms with E-state index in [0.717, 1.165) is 17.8 Å². The molecule has 130 valence electrons. The molecular formula is C21H35NO. The third-order valence-corrected chi connectivity index (χ3v) is 8.49. The van der Waals surface area contributed by atoms with E-state index in [1.165, 1.54) is 69.9 Å². The van der Waals surface area contributed by atoms with Crippen LogP contribution in [-0.4, -0.2) is 12.3 Å². The molecule has 0 unspecified atom stereocenters. The van der Waals surface area contributed by atoms with Gasteiger partial charge >= 0.3 is 0 Å². The van der Waals surface area contributed by atoms with Gasteiger partial charge in [0.15, 0.2) is 0 Å². The Morgan fingerprint density at radius 1 is 1.04 bits per heavy atom. The summed E-state index contributed by atoms with van der Waals surface area (Å²) in [6.07, 6.45) is 14.3. The summed E-state index contributed by atoms with van der Waals surface area (Å²) < 4.78 is 0. The quantitative estimate of drug-likeness (QED) is 0.589. The summed E-state index contributed by atoms with van der Waals surface area (Å²) in [5.41, 5.74) is 2.55. The van der Waals surface area contributed by atoms with Crippen molar-refractivity contribution in [3.8, 4) is 0 Å². The fourth-order valence-corrected chi connectivity index (χ4v) is 7.33. The van der Waals surface area contributed by atoms with Crippen molar-refractivity contribution in [2.24, 2.45) is 39.7 Å². The van der Waals surface area contributed by atoms with Crippen molar-refractivity contribution in [1.82, 2.24) is 0 Å². The SMILES string of the molecule is CCO/N=C1\CC[C@@]2(C)CC[C@H]3[C@@H](CC[C@H]4CCCC[C@@]43C)[C@H]12. The van der Waals surface area contributed by atoms with Crippen LogP contribution in [0.15, 0.2) is 5.16 Å². The van der Waals surface area contributed by atoms with Crippen molar-refractivity contribution in [2.45, 2.75) is 85.0 Å². The van der Waals surface area contributed by atoms with Crippen LogP contribution in [0.4, 0.5) is 0 Å². The van der Waals surface area contributed by atoms with E-state index in [1.54, 1.807) is 0 Å². The van der Waals surface area contributed by atoms with E-state index < -0.39 is 0 Å². The highest BCUT2D eigenvalue weighted by Gasteiger charge is 2.59. The van der Waals surface area contributed by atoms with Crippen molar-refractivity contribution >= 4 is 5.71 Å². The van der Waals surface area contributed by atoms with Crippen molar-refractivity contribution in [1.29, 1.82) is 0 Å². The Morgan fingerprint density at radius 2 is 1.91 bits per heavy atom. The molecule has 4 saturated carbocycles. The fraction of sp³-hybridized carbons (Fsp3) is 0.952. The second-order valence-electron chi connectivity index (χ2n) is 9.47. The minimum absolute atomic E-state index is 0.509. The summed E-state index contributed by atoms with van der Waals surface area (Å²) in [7, 11) is 0. The molecule has 0 aromatic heterocycles. The van der Waals surface area contributed by atoms with Crippen molar-refractivity contribution in [3.63, 3.8) is 0 Å². The average molecular weight is 318 g/mol. The van der Waals surface area contributed by atoms with E-state index in [4.69, 9.17) is 4.84 Å². The summed E-state index contributed by atoms with van der Waals surface area (Å²) in [4.78, 5) is 5.51. The number of hydrogen-bond donors (Lipinski definition) is 0. The third kappa shape index (κ3) is 2.38. The first-order valence-corrected chi connectivity index (χ1v) is 10.3. The standard InChI is InChI=1S/C21H35NO/c1-4-23-22-18-11-14-20(2)13-10-17-16(19(18)20)9-8-15-7-5-6-12-21(15,17)3/h15-17,19H,4-14H2,1-3H3/b22-18+/t15-,16-,17+,19-,20-,21+/m1/s1. The van der Waals surface area contributed by atoms with Gasteiger partial charge in [-0.1, -0.05) is 31.8 Å². The maximum atomic E-state index is 5.51. The van der Waals surface area contributed by atoms with Crippen LogP contribution in [0, 0.1) is 34.5 Å². The van der Waals surface area contributed by atoms with Crippen LogP contribution in [-0.2, 0) is 4.84 Å². The van der Waals surface area contributed by atoms with Crippen LogP contribution in [0.2, 0.25) is 0 Å². The molecule has 4 rings (SSSR count). The summed E-state index contributed by atoms with van der Waals surface area (Å²) in [5.74, 6) is 3.56. The van der Waals surface area contributed by atoms with Crippen LogP contribution < -0.4 is 0 Å². The highest BCUT2D eigenvalue weighted by Crippen LogP contribution is 2.65. The molecule has 0 bridgehead atoms. The fourth-order valence-electron chi connectivity index (χ4n) is 7.33. The Kier molecular flexibility index (Phi) is 4.01. The highest BCUT2D eigenvalue weighted by atomic mass is 16.6. The van der Waals surface area contributed by atoms with Crippen LogP contribution in [0.25, 0.3) is 0 Å². The third-order valence-electron chi connectivity index (χ3n) is 8.49. The van der Waals surface area contributed by atoms with E-state index in [9.17, 15) is 0 Å². The molecular weight excluding hydrogens is 282 g/mol. The van der Waals surface area contributed by atoms with Crippen LogP contribution in [0.1, 0.15) is 85.0 Å². The molecule has 0 spiro atoms. The number of rotatable bonds is 2. The number of nitrogens with zero attached hydrogens (tertiary/aromatic N) is 1. The molecule has 4 aliphatic rings. The largest absolute Gasteiger partial charge is 0.396 e. The van der Waals surface area contributed by atoms with Gasteiger partial charge in [0.05, 0.1) is 5.71 Å². The normalized spacial score (nSPS) is 51.0. The van der Waals surface area contributed by atoms with E-state index in [2.05, 4.69) is 25.9 Å². The second-order valence-corrected chi connectivity index (χ2v) is 9.47. The lowest BCUT2D eigenvalue weighted by atomic mass is 9.45. The minimum Gasteiger partial charge on any atom is -0.396 e. The highest BCUT2D eigenvalue weighted by molar-refractivity contribution is 5.89. The second kappa shape index (κ2) is 5.77. The summed E-state index contributed by atoms with van der Waals surface area (Å²) in [5, 5.41) is 4.61. The molecule has 0 aromatic carbocycles. The number of oxime groups is 1. The Morgan fingerprint density at radius 3 is 2.74 bits per heavy atom. The minimum atomic E-state index is 0.509. The Balaban J connectivity index is 1.65. The summed E-state index contributed by atoms with van der Waals surface area (Å²) in [6, 6.07) is 0. The van der Waals surface area contributed by atoms with Crippen molar-refractivity contribution in [2.75, 3.05) is 6.61 Å². The number of hydrogen-bond acceptors (Lipinski definition) is 2. The molecule has 0 amide bonds. The topological polar surface area (TPSA) is 21.6 Å². The lowest BCUT2D eigenvalue weighted by molar-refractivity contribution is -0.0912. The summed E-state index contributed by atoms with van der Waals surface area (Å²) in [6.45, 7) is 7.97. The predicted molar refractivity (Wildman–Crippen MR) is 95.4 cm³/mol. The maximum Gasteiger partial charge on any atom is 0.114 e. The monoisotopic (exact) mass is 317 g/mol. The lowest BCUT2D eigenvalue weighted by Crippen LogP contribution is -2.53. The smallest absolute Gasteiger partial charge is 0.114 e. The van der Waals surface area contributed by atoms with E-state index in [1.807, 2.05) is 0 Å². The molecule has 0 N–H and O–H groups in total. The van der Waals surface area contributed by atoms with E-state index in [0.29, 0.717) is 23.4 Å². The molecule has 0 saturated heterocycles. The molecule has 2 heteroatoms. The molecule has 6 atom stereocenters. The molecule has 0 aliphatic heterocycles. The van der Waals surface area contributed by atoms with Gasteiger partial charge in [-0.25, -0.2) is 0 Å². The van der Waals surface area contributed by atoms with Gasteiger partial charge in [-0.15, -0.1) is 0 Å². The molecule has 0 heterocycles. The Hall–Kier alpha value is -0.530. The maximum absolute atomic E-state index is 5.51. The van der Waals surface area contributed by atoms with Gasteiger partial charge in [0.2, 0.25) is 0 Å². The molecule has 23 heavy (non-hydrogen) atoms. The first-order valence-electron chi connectivity index (χ1n) is 10.3. The van der Waals surface area contributed by atoms with Gasteiger partial charge in [0, 0.05) is 5.92 Å². The first kappa shape index (κ1) is 16.0. The van der Waals surface area contributed by atoms with Crippen molar-refractivity contribution in [3.05, 3.63) is 0 Å². The lowest BCUT2D eigenvalue weighted by Gasteiger charge is -2.59. The molecule has 2 nitrogen and oxygen atoms in total. The zero-order valence-electron chi connectivity index (χ0n) is 15.4. The molecule has 4 aliphatic carbocycles. The molecule has 0 aromatic rings. The van der Waals surface area contributed by atoms with Gasteiger partial charge in [-0.3, -0.25) is 0 Å². The van der Waals surface area contributed by atoms with Gasteiger partial charge in [-0.2, -0.15) is 0 Å². The van der Waals surface area contributed by atoms with E-state index in [-0.39, 0.29) is 0 Å². The Labute approximate surface area is 142 Å². The average Bonchev–Trinajstić information content (AvgIpc) is 2.89. The van der Waals surface area contributed by atoms with E-state index >= 15 is 0 Å². The van der Waals surface area contributed by atoms with Gasteiger partial charge in [-0.05, 0) is 86.9 Å². The van der Waals surface area contributed by atoms with Gasteiger partial charge in [0.1, 0.15) is 6.61 Å². The number of fused-ring (bicyclic) bond motifs is 5. The van der Waals surface area contributed by atoms with Crippen LogP contribution in [0.5, 0.6) is 0 Å². The molecule has 4 fully saturated rings. The van der Waals surface area contributed by atoms with Crippen LogP contribution in [0.3, 0.4) is 0 Å². The first-order chi connectivity index (χ1) is 11.1. The van der Waals surface area contributed by atoms with Crippen molar-refractivity contribution < 1.29 is 4.84 Å². The predicted octanol–water partition coefficient (Wildman–Crippen LogP) is 5.81. The van der Waals surface area contributed by atoms with Crippen LogP contribution >= 0.6 is 0 Å². The zero-order valence-corrected chi connectivity index (χ0v) is 15.4. The Bertz CT molecular complexity index is 486. The van der Waals surface area contributed by atoms with Gasteiger partial charge in [0.25, 0.3) is 0 Å². The zero-order chi connectivity index (χ0) is 16.1.